The smallest absolute Gasteiger partial charge is 0.287 e. The van der Waals surface area contributed by atoms with Crippen molar-refractivity contribution in [2.45, 2.75) is 6.92 Å². The number of aromatic nitrogens is 4. The van der Waals surface area contributed by atoms with E-state index in [1.807, 2.05) is 6.92 Å². The lowest BCUT2D eigenvalue weighted by Crippen LogP contribution is -1.98. The van der Waals surface area contributed by atoms with Crippen LogP contribution in [0.15, 0.2) is 54.3 Å². The van der Waals surface area contributed by atoms with E-state index in [-0.39, 0.29) is 11.6 Å². The predicted molar refractivity (Wildman–Crippen MR) is 91.6 cm³/mol. The fraction of sp³-hybridized carbons (Fsp3) is 0.125. The highest BCUT2D eigenvalue weighted by molar-refractivity contribution is 5.80. The Labute approximate surface area is 147 Å². The molecule has 0 aliphatic rings. The van der Waals surface area contributed by atoms with Gasteiger partial charge < -0.3 is 9.47 Å². The quantitative estimate of drug-likeness (QED) is 0.363. The molecule has 0 fully saturated rings. The molecule has 10 nitrogen and oxygen atoms in total. The minimum atomic E-state index is -0.522. The topological polar surface area (TPSA) is 118 Å². The van der Waals surface area contributed by atoms with Gasteiger partial charge in [-0.3, -0.25) is 10.1 Å². The van der Waals surface area contributed by atoms with E-state index >= 15 is 0 Å². The zero-order chi connectivity index (χ0) is 18.4. The molecule has 0 bridgehead atoms. The molecule has 0 amide bonds. The van der Waals surface area contributed by atoms with Crippen LogP contribution in [0, 0.1) is 10.1 Å². The molecule has 0 aliphatic carbocycles. The summed E-state index contributed by atoms with van der Waals surface area (Å²) < 4.78 is 12.7. The molecule has 3 aromatic rings. The van der Waals surface area contributed by atoms with E-state index in [1.54, 1.807) is 24.4 Å². The number of nitro groups is 1. The van der Waals surface area contributed by atoms with Crippen LogP contribution in [-0.4, -0.2) is 37.6 Å². The molecule has 0 radical (unpaired) electrons. The van der Waals surface area contributed by atoms with E-state index in [4.69, 9.17) is 9.47 Å². The van der Waals surface area contributed by atoms with Gasteiger partial charge in [0.15, 0.2) is 11.5 Å². The summed E-state index contributed by atoms with van der Waals surface area (Å²) in [4.78, 5) is 14.1. The van der Waals surface area contributed by atoms with Gasteiger partial charge in [-0.2, -0.15) is 5.10 Å². The summed E-state index contributed by atoms with van der Waals surface area (Å²) in [5, 5.41) is 22.2. The van der Waals surface area contributed by atoms with Crippen molar-refractivity contribution in [3.63, 3.8) is 0 Å². The van der Waals surface area contributed by atoms with Crippen LogP contribution in [0.1, 0.15) is 12.5 Å². The standard InChI is InChI=1S/C16H14N6O4/c1-2-25-15-7-12(8-20-21-10-18-19-11-21)3-5-14(15)26-16-6-4-13(9-17-16)22(23)24/h3-11H,2H2,1H3/b20-8-. The minimum absolute atomic E-state index is 0.108. The molecule has 26 heavy (non-hydrogen) atoms. The zero-order valence-electron chi connectivity index (χ0n) is 13.7. The van der Waals surface area contributed by atoms with Gasteiger partial charge in [0.05, 0.1) is 17.7 Å². The molecule has 0 aliphatic heterocycles. The number of ether oxygens (including phenoxy) is 2. The second-order valence-corrected chi connectivity index (χ2v) is 4.94. The molecule has 0 N–H and O–H groups in total. The molecule has 0 unspecified atom stereocenters. The number of rotatable bonds is 7. The molecular formula is C16H14N6O4. The Hall–Kier alpha value is -3.82. The van der Waals surface area contributed by atoms with Gasteiger partial charge in [0.1, 0.15) is 18.9 Å². The molecule has 2 heterocycles. The maximum atomic E-state index is 10.7. The average molecular weight is 354 g/mol. The van der Waals surface area contributed by atoms with Crippen LogP contribution < -0.4 is 9.47 Å². The van der Waals surface area contributed by atoms with Crippen LogP contribution in [0.25, 0.3) is 0 Å². The zero-order valence-corrected chi connectivity index (χ0v) is 13.7. The van der Waals surface area contributed by atoms with E-state index in [9.17, 15) is 10.1 Å². The molecule has 2 aromatic heterocycles. The van der Waals surface area contributed by atoms with Gasteiger partial charge in [0.2, 0.25) is 5.88 Å². The first-order chi connectivity index (χ1) is 12.7. The largest absolute Gasteiger partial charge is 0.490 e. The highest BCUT2D eigenvalue weighted by Gasteiger charge is 2.10. The Kier molecular flexibility index (Phi) is 5.13. The molecule has 0 saturated carbocycles. The van der Waals surface area contributed by atoms with E-state index in [1.165, 1.54) is 29.5 Å². The number of hydrogen-bond acceptors (Lipinski definition) is 8. The Morgan fingerprint density at radius 3 is 2.69 bits per heavy atom. The molecule has 132 valence electrons. The number of benzene rings is 1. The normalized spacial score (nSPS) is 10.8. The Balaban J connectivity index is 1.80. The fourth-order valence-corrected chi connectivity index (χ4v) is 2.00. The van der Waals surface area contributed by atoms with Crippen LogP contribution in [0.5, 0.6) is 17.4 Å². The lowest BCUT2D eigenvalue weighted by Gasteiger charge is -2.11. The van der Waals surface area contributed by atoms with E-state index in [0.717, 1.165) is 11.8 Å². The molecule has 0 spiro atoms. The van der Waals surface area contributed by atoms with Crippen molar-refractivity contribution in [2.24, 2.45) is 5.10 Å². The first-order valence-electron chi connectivity index (χ1n) is 7.60. The van der Waals surface area contributed by atoms with Crippen molar-refractivity contribution in [1.82, 2.24) is 19.9 Å². The second-order valence-electron chi connectivity index (χ2n) is 4.94. The van der Waals surface area contributed by atoms with Gasteiger partial charge in [0.25, 0.3) is 5.69 Å². The van der Waals surface area contributed by atoms with Crippen LogP contribution in [0.2, 0.25) is 0 Å². The summed E-state index contributed by atoms with van der Waals surface area (Å²) in [5.74, 6) is 1.16. The van der Waals surface area contributed by atoms with Crippen molar-refractivity contribution in [2.75, 3.05) is 6.61 Å². The molecule has 0 saturated heterocycles. The van der Waals surface area contributed by atoms with Gasteiger partial charge in [-0.1, -0.05) is 0 Å². The number of hydrogen-bond donors (Lipinski definition) is 0. The summed E-state index contributed by atoms with van der Waals surface area (Å²) in [6.07, 6.45) is 5.70. The van der Waals surface area contributed by atoms with Crippen LogP contribution >= 0.6 is 0 Å². The van der Waals surface area contributed by atoms with Crippen LogP contribution in [0.3, 0.4) is 0 Å². The average Bonchev–Trinajstić information content (AvgIpc) is 3.16. The fourth-order valence-electron chi connectivity index (χ4n) is 2.00. The van der Waals surface area contributed by atoms with E-state index < -0.39 is 4.92 Å². The highest BCUT2D eigenvalue weighted by atomic mass is 16.6. The third-order valence-corrected chi connectivity index (χ3v) is 3.16. The van der Waals surface area contributed by atoms with Crippen molar-refractivity contribution in [3.8, 4) is 17.4 Å². The lowest BCUT2D eigenvalue weighted by molar-refractivity contribution is -0.385. The monoisotopic (exact) mass is 354 g/mol. The predicted octanol–water partition coefficient (Wildman–Crippen LogP) is 2.65. The second kappa shape index (κ2) is 7.83. The van der Waals surface area contributed by atoms with Gasteiger partial charge >= 0.3 is 0 Å². The van der Waals surface area contributed by atoms with Crippen molar-refractivity contribution in [1.29, 1.82) is 0 Å². The van der Waals surface area contributed by atoms with Gasteiger partial charge in [-0.05, 0) is 30.7 Å². The van der Waals surface area contributed by atoms with Gasteiger partial charge in [0, 0.05) is 12.1 Å². The summed E-state index contributed by atoms with van der Waals surface area (Å²) in [7, 11) is 0. The third-order valence-electron chi connectivity index (χ3n) is 3.16. The molecule has 1 aromatic carbocycles. The third kappa shape index (κ3) is 4.17. The summed E-state index contributed by atoms with van der Waals surface area (Å²) in [6.45, 7) is 2.29. The Morgan fingerprint density at radius 1 is 1.23 bits per heavy atom. The van der Waals surface area contributed by atoms with Gasteiger partial charge in [-0.25, -0.2) is 9.66 Å². The number of nitrogens with zero attached hydrogens (tertiary/aromatic N) is 6. The Bertz CT molecular complexity index is 909. The maximum absolute atomic E-state index is 10.7. The molecule has 10 heteroatoms. The summed E-state index contributed by atoms with van der Waals surface area (Å²) >= 11 is 0. The molecular weight excluding hydrogens is 340 g/mol. The maximum Gasteiger partial charge on any atom is 0.287 e. The van der Waals surface area contributed by atoms with Gasteiger partial charge in [-0.15, -0.1) is 10.2 Å². The molecule has 0 atom stereocenters. The Morgan fingerprint density at radius 2 is 2.04 bits per heavy atom. The first kappa shape index (κ1) is 17.0. The molecule has 3 rings (SSSR count). The van der Waals surface area contributed by atoms with Crippen LogP contribution in [-0.2, 0) is 0 Å². The SMILES string of the molecule is CCOc1cc(/C=N\n2cnnc2)ccc1Oc1ccc([N+](=O)[O-])cn1. The van der Waals surface area contributed by atoms with E-state index in [0.29, 0.717) is 18.1 Å². The number of pyridine rings is 1. The van der Waals surface area contributed by atoms with Crippen molar-refractivity contribution >= 4 is 11.9 Å². The van der Waals surface area contributed by atoms with E-state index in [2.05, 4.69) is 20.3 Å². The first-order valence-corrected chi connectivity index (χ1v) is 7.60. The summed E-state index contributed by atoms with van der Waals surface area (Å²) in [6, 6.07) is 8.01. The minimum Gasteiger partial charge on any atom is -0.490 e. The van der Waals surface area contributed by atoms with Crippen molar-refractivity contribution in [3.05, 3.63) is 64.9 Å². The summed E-state index contributed by atoms with van der Waals surface area (Å²) in [5.41, 5.74) is 0.675. The lowest BCUT2D eigenvalue weighted by atomic mass is 10.2. The van der Waals surface area contributed by atoms with Crippen LogP contribution in [0.4, 0.5) is 5.69 Å². The van der Waals surface area contributed by atoms with Crippen molar-refractivity contribution < 1.29 is 14.4 Å². The highest BCUT2D eigenvalue weighted by Crippen LogP contribution is 2.32.